The summed E-state index contributed by atoms with van der Waals surface area (Å²) in [5, 5.41) is 8.54. The summed E-state index contributed by atoms with van der Waals surface area (Å²) in [6.07, 6.45) is 1.79. The molecular formula is C7H13NO2S. The second-order valence-electron chi connectivity index (χ2n) is 3.05. The normalized spacial score (nSPS) is 23.0. The minimum atomic E-state index is -0.778. The average Bonchev–Trinajstić information content (AvgIpc) is 1.85. The third-order valence-electron chi connectivity index (χ3n) is 1.99. The van der Waals surface area contributed by atoms with Crippen LogP contribution < -0.4 is 5.73 Å². The summed E-state index contributed by atoms with van der Waals surface area (Å²) >= 11 is 1.85. The molecule has 1 fully saturated rings. The highest BCUT2D eigenvalue weighted by molar-refractivity contribution is 7.99. The van der Waals surface area contributed by atoms with E-state index in [2.05, 4.69) is 0 Å². The summed E-state index contributed by atoms with van der Waals surface area (Å²) in [4.78, 5) is 10.4. The summed E-state index contributed by atoms with van der Waals surface area (Å²) in [7, 11) is 0. The molecule has 1 rings (SSSR count). The van der Waals surface area contributed by atoms with Crippen LogP contribution in [0.15, 0.2) is 0 Å². The van der Waals surface area contributed by atoms with Gasteiger partial charge in [-0.15, -0.1) is 0 Å². The third-order valence-corrected chi connectivity index (χ3v) is 2.98. The summed E-state index contributed by atoms with van der Waals surface area (Å²) in [5.41, 5.74) is 5.45. The van der Waals surface area contributed by atoms with Crippen LogP contribution in [0, 0.1) is 0 Å². The van der Waals surface area contributed by atoms with Crippen molar-refractivity contribution in [3.63, 3.8) is 0 Å². The topological polar surface area (TPSA) is 63.3 Å². The van der Waals surface area contributed by atoms with Crippen molar-refractivity contribution in [1.82, 2.24) is 0 Å². The molecule has 1 heterocycles. The summed E-state index contributed by atoms with van der Waals surface area (Å²) in [6.45, 7) is 0. The number of aliphatic carboxylic acids is 1. The van der Waals surface area contributed by atoms with Crippen molar-refractivity contribution in [3.8, 4) is 0 Å². The molecule has 4 heteroatoms. The van der Waals surface area contributed by atoms with Crippen molar-refractivity contribution in [1.29, 1.82) is 0 Å². The molecule has 1 aliphatic heterocycles. The van der Waals surface area contributed by atoms with Crippen LogP contribution in [0.1, 0.15) is 19.3 Å². The molecule has 0 aromatic heterocycles. The van der Waals surface area contributed by atoms with E-state index < -0.39 is 11.5 Å². The number of carbonyl (C=O) groups is 1. The Labute approximate surface area is 70.3 Å². The maximum absolute atomic E-state index is 10.4. The van der Waals surface area contributed by atoms with Crippen LogP contribution in [0.2, 0.25) is 0 Å². The molecule has 0 unspecified atom stereocenters. The molecule has 64 valence electrons. The molecule has 0 aliphatic carbocycles. The molecule has 0 aromatic carbocycles. The zero-order valence-corrected chi connectivity index (χ0v) is 7.19. The molecule has 3 nitrogen and oxygen atoms in total. The first kappa shape index (κ1) is 8.87. The van der Waals surface area contributed by atoms with Crippen LogP contribution in [0.4, 0.5) is 0 Å². The molecule has 0 atom stereocenters. The monoisotopic (exact) mass is 175 g/mol. The van der Waals surface area contributed by atoms with Gasteiger partial charge in [0.1, 0.15) is 0 Å². The molecule has 0 saturated carbocycles. The second kappa shape index (κ2) is 3.45. The third kappa shape index (κ3) is 2.71. The van der Waals surface area contributed by atoms with Gasteiger partial charge >= 0.3 is 5.97 Å². The number of thioether (sulfide) groups is 1. The van der Waals surface area contributed by atoms with Crippen LogP contribution in [-0.2, 0) is 4.79 Å². The van der Waals surface area contributed by atoms with E-state index in [0.717, 1.165) is 24.3 Å². The maximum Gasteiger partial charge on any atom is 0.305 e. The molecule has 11 heavy (non-hydrogen) atoms. The highest BCUT2D eigenvalue weighted by atomic mass is 32.2. The average molecular weight is 175 g/mol. The molecule has 0 spiro atoms. The summed E-state index contributed by atoms with van der Waals surface area (Å²) < 4.78 is 0. The number of carboxylic acid groups (broad SMARTS) is 1. The Morgan fingerprint density at radius 1 is 1.55 bits per heavy atom. The first-order valence-corrected chi connectivity index (χ1v) is 4.86. The van der Waals surface area contributed by atoms with Gasteiger partial charge in [0, 0.05) is 5.54 Å². The van der Waals surface area contributed by atoms with E-state index in [1.807, 2.05) is 11.8 Å². The molecular weight excluding hydrogens is 162 g/mol. The number of hydrogen-bond donors (Lipinski definition) is 2. The van der Waals surface area contributed by atoms with Gasteiger partial charge < -0.3 is 10.8 Å². The van der Waals surface area contributed by atoms with Crippen molar-refractivity contribution in [3.05, 3.63) is 0 Å². The van der Waals surface area contributed by atoms with Gasteiger partial charge in [-0.05, 0) is 24.3 Å². The lowest BCUT2D eigenvalue weighted by molar-refractivity contribution is -0.138. The predicted molar refractivity (Wildman–Crippen MR) is 45.7 cm³/mol. The smallest absolute Gasteiger partial charge is 0.305 e. The molecule has 0 radical (unpaired) electrons. The minimum Gasteiger partial charge on any atom is -0.481 e. The first-order valence-electron chi connectivity index (χ1n) is 3.71. The maximum atomic E-state index is 10.4. The SMILES string of the molecule is NC1(CC(=O)O)CCSCC1. The van der Waals surface area contributed by atoms with Crippen LogP contribution in [0.25, 0.3) is 0 Å². The van der Waals surface area contributed by atoms with E-state index in [4.69, 9.17) is 10.8 Å². The lowest BCUT2D eigenvalue weighted by Gasteiger charge is -2.31. The van der Waals surface area contributed by atoms with Crippen LogP contribution in [-0.4, -0.2) is 28.1 Å². The van der Waals surface area contributed by atoms with Crippen LogP contribution >= 0.6 is 11.8 Å². The Morgan fingerprint density at radius 3 is 2.55 bits per heavy atom. The fourth-order valence-corrected chi connectivity index (χ4v) is 2.56. The standard InChI is InChI=1S/C7H13NO2S/c8-7(5-6(9)10)1-3-11-4-2-7/h1-5,8H2,(H,9,10). The summed E-state index contributed by atoms with van der Waals surface area (Å²) in [5.74, 6) is 1.23. The first-order chi connectivity index (χ1) is 5.12. The van der Waals surface area contributed by atoms with Gasteiger partial charge in [0.15, 0.2) is 0 Å². The van der Waals surface area contributed by atoms with Crippen molar-refractivity contribution < 1.29 is 9.90 Å². The van der Waals surface area contributed by atoms with Gasteiger partial charge in [-0.25, -0.2) is 0 Å². The van der Waals surface area contributed by atoms with E-state index in [-0.39, 0.29) is 6.42 Å². The molecule has 0 amide bonds. The fraction of sp³-hybridized carbons (Fsp3) is 0.857. The number of nitrogens with two attached hydrogens (primary N) is 1. The Hall–Kier alpha value is -0.220. The highest BCUT2D eigenvalue weighted by Gasteiger charge is 2.29. The lowest BCUT2D eigenvalue weighted by Crippen LogP contribution is -2.44. The van der Waals surface area contributed by atoms with Gasteiger partial charge in [-0.3, -0.25) is 4.79 Å². The molecule has 0 bridgehead atoms. The van der Waals surface area contributed by atoms with Gasteiger partial charge in [-0.1, -0.05) is 0 Å². The van der Waals surface area contributed by atoms with Crippen LogP contribution in [0.5, 0.6) is 0 Å². The van der Waals surface area contributed by atoms with Gasteiger partial charge in [0.05, 0.1) is 6.42 Å². The molecule has 3 N–H and O–H groups in total. The van der Waals surface area contributed by atoms with Crippen LogP contribution in [0.3, 0.4) is 0 Å². The quantitative estimate of drug-likeness (QED) is 0.648. The molecule has 1 aliphatic rings. The van der Waals surface area contributed by atoms with E-state index in [0.29, 0.717) is 0 Å². The molecule has 0 aromatic rings. The largest absolute Gasteiger partial charge is 0.481 e. The Morgan fingerprint density at radius 2 is 2.09 bits per heavy atom. The van der Waals surface area contributed by atoms with Gasteiger partial charge in [-0.2, -0.15) is 11.8 Å². The Bertz CT molecular complexity index is 155. The van der Waals surface area contributed by atoms with Crippen molar-refractivity contribution in [2.45, 2.75) is 24.8 Å². The van der Waals surface area contributed by atoms with E-state index in [9.17, 15) is 4.79 Å². The van der Waals surface area contributed by atoms with Crippen molar-refractivity contribution >= 4 is 17.7 Å². The van der Waals surface area contributed by atoms with Crippen molar-refractivity contribution in [2.75, 3.05) is 11.5 Å². The van der Waals surface area contributed by atoms with Gasteiger partial charge in [0.2, 0.25) is 0 Å². The lowest BCUT2D eigenvalue weighted by atomic mass is 9.90. The van der Waals surface area contributed by atoms with Crippen molar-refractivity contribution in [2.24, 2.45) is 5.73 Å². The second-order valence-corrected chi connectivity index (χ2v) is 4.27. The Kier molecular flexibility index (Phi) is 2.78. The van der Waals surface area contributed by atoms with Gasteiger partial charge in [0.25, 0.3) is 0 Å². The zero-order chi connectivity index (χ0) is 8.32. The fourth-order valence-electron chi connectivity index (χ4n) is 1.26. The molecule has 1 saturated heterocycles. The number of carboxylic acids is 1. The Balaban J connectivity index is 2.43. The van der Waals surface area contributed by atoms with E-state index in [1.165, 1.54) is 0 Å². The van der Waals surface area contributed by atoms with E-state index in [1.54, 1.807) is 0 Å². The van der Waals surface area contributed by atoms with E-state index >= 15 is 0 Å². The minimum absolute atomic E-state index is 0.119. The summed E-state index contributed by atoms with van der Waals surface area (Å²) in [6, 6.07) is 0. The predicted octanol–water partition coefficient (Wildman–Crippen LogP) is 0.686. The zero-order valence-electron chi connectivity index (χ0n) is 6.38. The number of rotatable bonds is 2. The number of hydrogen-bond acceptors (Lipinski definition) is 3. The highest BCUT2D eigenvalue weighted by Crippen LogP contribution is 2.27.